The molecule has 1 fully saturated rings. The molecule has 0 aromatic heterocycles. The zero-order chi connectivity index (χ0) is 12.0. The molecule has 0 aromatic rings. The molecule has 5 nitrogen and oxygen atoms in total. The van der Waals surface area contributed by atoms with Crippen molar-refractivity contribution in [2.45, 2.75) is 45.4 Å². The van der Waals surface area contributed by atoms with Gasteiger partial charge < -0.3 is 0 Å². The first-order valence-electron chi connectivity index (χ1n) is 5.83. The second-order valence-corrected chi connectivity index (χ2v) is 3.98. The van der Waals surface area contributed by atoms with Gasteiger partial charge in [0.15, 0.2) is 0 Å². The summed E-state index contributed by atoms with van der Waals surface area (Å²) in [6.07, 6.45) is 6.49. The Balaban J connectivity index is 2.15. The molecule has 1 aliphatic heterocycles. The third-order valence-corrected chi connectivity index (χ3v) is 2.64. The topological polar surface area (TPSA) is 66.5 Å². The summed E-state index contributed by atoms with van der Waals surface area (Å²) in [6, 6.07) is -0.580. The summed E-state index contributed by atoms with van der Waals surface area (Å²) >= 11 is 0. The first-order chi connectivity index (χ1) is 7.66. The lowest BCUT2D eigenvalue weighted by Crippen LogP contribution is -2.31. The quantitative estimate of drug-likeness (QED) is 0.405. The zero-order valence-corrected chi connectivity index (χ0v) is 9.62. The largest absolute Gasteiger partial charge is 0.331 e. The van der Waals surface area contributed by atoms with E-state index in [1.54, 1.807) is 0 Å². The number of nitrogens with one attached hydrogen (secondary N) is 1. The summed E-state index contributed by atoms with van der Waals surface area (Å²) in [5.41, 5.74) is 0. The predicted molar refractivity (Wildman–Crippen MR) is 58.6 cm³/mol. The Hall–Kier alpha value is -1.39. The second-order valence-electron chi connectivity index (χ2n) is 3.98. The maximum Gasteiger partial charge on any atom is 0.331 e. The van der Waals surface area contributed by atoms with E-state index in [0.29, 0.717) is 6.54 Å². The van der Waals surface area contributed by atoms with Gasteiger partial charge in [0.1, 0.15) is 0 Å². The van der Waals surface area contributed by atoms with E-state index in [-0.39, 0.29) is 0 Å². The molecule has 0 aromatic carbocycles. The number of nitrogens with zero attached hydrogens (tertiary/aromatic N) is 1. The van der Waals surface area contributed by atoms with Gasteiger partial charge in [-0.1, -0.05) is 39.0 Å². The predicted octanol–water partition coefficient (Wildman–Crippen LogP) is 1.43. The number of imide groups is 2. The van der Waals surface area contributed by atoms with Crippen LogP contribution in [0.15, 0.2) is 0 Å². The highest BCUT2D eigenvalue weighted by atomic mass is 16.2. The number of hydrogen-bond acceptors (Lipinski definition) is 3. The van der Waals surface area contributed by atoms with Gasteiger partial charge >= 0.3 is 17.8 Å². The normalized spacial score (nSPS) is 15.8. The van der Waals surface area contributed by atoms with Crippen LogP contribution < -0.4 is 5.32 Å². The fourth-order valence-electron chi connectivity index (χ4n) is 1.69. The third-order valence-electron chi connectivity index (χ3n) is 2.64. The molecule has 5 heteroatoms. The standard InChI is InChI=1S/C11H18N2O3/c1-2-3-4-5-6-7-8-13-10(15)9(14)12-11(13)16/h2-8H2,1H3,(H,12,14,16). The van der Waals surface area contributed by atoms with Crippen LogP contribution in [0.25, 0.3) is 0 Å². The van der Waals surface area contributed by atoms with Gasteiger partial charge in [0.05, 0.1) is 0 Å². The van der Waals surface area contributed by atoms with E-state index in [0.717, 1.165) is 24.2 Å². The van der Waals surface area contributed by atoms with Crippen LogP contribution >= 0.6 is 0 Å². The van der Waals surface area contributed by atoms with Gasteiger partial charge in [-0.2, -0.15) is 0 Å². The Morgan fingerprint density at radius 1 is 1.00 bits per heavy atom. The Labute approximate surface area is 95.2 Å². The molecule has 1 heterocycles. The summed E-state index contributed by atoms with van der Waals surface area (Å²) in [5, 5.41) is 1.98. The summed E-state index contributed by atoms with van der Waals surface area (Å²) in [4.78, 5) is 34.1. The first kappa shape index (κ1) is 12.7. The van der Waals surface area contributed by atoms with Crippen LogP contribution in [0.2, 0.25) is 0 Å². The Morgan fingerprint density at radius 3 is 2.19 bits per heavy atom. The maximum absolute atomic E-state index is 11.2. The van der Waals surface area contributed by atoms with Crippen molar-refractivity contribution >= 4 is 17.8 Å². The first-order valence-corrected chi connectivity index (χ1v) is 5.83. The molecule has 1 rings (SSSR count). The van der Waals surface area contributed by atoms with Crippen LogP contribution in [-0.2, 0) is 9.59 Å². The molecule has 1 aliphatic rings. The number of carbonyl (C=O) groups excluding carboxylic acids is 3. The summed E-state index contributed by atoms with van der Waals surface area (Å²) in [5.74, 6) is -1.53. The van der Waals surface area contributed by atoms with Crippen LogP contribution in [0, 0.1) is 0 Å². The molecule has 0 aliphatic carbocycles. The summed E-state index contributed by atoms with van der Waals surface area (Å²) in [6.45, 7) is 2.50. The van der Waals surface area contributed by atoms with Gasteiger partial charge in [-0.15, -0.1) is 0 Å². The molecule has 4 amide bonds. The lowest BCUT2D eigenvalue weighted by atomic mass is 10.1. The van der Waals surface area contributed by atoms with Gasteiger partial charge in [-0.3, -0.25) is 19.8 Å². The Bertz CT molecular complexity index is 289. The van der Waals surface area contributed by atoms with E-state index in [1.165, 1.54) is 19.3 Å². The average molecular weight is 226 g/mol. The molecule has 0 saturated carbocycles. The summed E-state index contributed by atoms with van der Waals surface area (Å²) < 4.78 is 0. The van der Waals surface area contributed by atoms with Crippen molar-refractivity contribution in [1.82, 2.24) is 10.2 Å². The fourth-order valence-corrected chi connectivity index (χ4v) is 1.69. The van der Waals surface area contributed by atoms with Crippen molar-refractivity contribution in [1.29, 1.82) is 0 Å². The van der Waals surface area contributed by atoms with Crippen LogP contribution in [-0.4, -0.2) is 29.3 Å². The van der Waals surface area contributed by atoms with Gasteiger partial charge in [0.25, 0.3) is 0 Å². The van der Waals surface area contributed by atoms with E-state index in [1.807, 2.05) is 5.32 Å². The number of rotatable bonds is 7. The lowest BCUT2D eigenvalue weighted by molar-refractivity contribution is -0.140. The minimum absolute atomic E-state index is 0.350. The highest BCUT2D eigenvalue weighted by Gasteiger charge is 2.35. The molecule has 1 saturated heterocycles. The van der Waals surface area contributed by atoms with E-state index in [2.05, 4.69) is 6.92 Å². The van der Waals surface area contributed by atoms with Gasteiger partial charge in [-0.05, 0) is 6.42 Å². The highest BCUT2D eigenvalue weighted by molar-refractivity contribution is 6.44. The number of urea groups is 1. The van der Waals surface area contributed by atoms with Crippen molar-refractivity contribution in [3.63, 3.8) is 0 Å². The molecule has 0 bridgehead atoms. The molecule has 16 heavy (non-hydrogen) atoms. The minimum atomic E-state index is -0.809. The van der Waals surface area contributed by atoms with Crippen molar-refractivity contribution in [3.05, 3.63) is 0 Å². The molecular weight excluding hydrogens is 208 g/mol. The number of amides is 4. The molecule has 0 radical (unpaired) electrons. The van der Waals surface area contributed by atoms with Crippen LogP contribution in [0.1, 0.15) is 45.4 Å². The summed E-state index contributed by atoms with van der Waals surface area (Å²) in [7, 11) is 0. The molecule has 0 unspecified atom stereocenters. The smallest absolute Gasteiger partial charge is 0.269 e. The van der Waals surface area contributed by atoms with Crippen LogP contribution in [0.3, 0.4) is 0 Å². The number of unbranched alkanes of at least 4 members (excludes halogenated alkanes) is 5. The SMILES string of the molecule is CCCCCCCCN1C(=O)NC(=O)C1=O. The van der Waals surface area contributed by atoms with E-state index in [9.17, 15) is 14.4 Å². The Morgan fingerprint density at radius 2 is 1.62 bits per heavy atom. The highest BCUT2D eigenvalue weighted by Crippen LogP contribution is 2.08. The van der Waals surface area contributed by atoms with Crippen molar-refractivity contribution < 1.29 is 14.4 Å². The second kappa shape index (κ2) is 6.25. The fraction of sp³-hybridized carbons (Fsp3) is 0.727. The molecule has 1 N–H and O–H groups in total. The average Bonchev–Trinajstić information content (AvgIpc) is 2.49. The van der Waals surface area contributed by atoms with Crippen LogP contribution in [0.4, 0.5) is 4.79 Å². The monoisotopic (exact) mass is 226 g/mol. The lowest BCUT2D eigenvalue weighted by Gasteiger charge is -2.10. The maximum atomic E-state index is 11.2. The van der Waals surface area contributed by atoms with Crippen LogP contribution in [0.5, 0.6) is 0 Å². The third kappa shape index (κ3) is 3.32. The molecule has 90 valence electrons. The van der Waals surface area contributed by atoms with Gasteiger partial charge in [0, 0.05) is 6.54 Å². The van der Waals surface area contributed by atoms with Crippen molar-refractivity contribution in [2.75, 3.05) is 6.54 Å². The zero-order valence-electron chi connectivity index (χ0n) is 9.62. The molecule has 0 spiro atoms. The van der Waals surface area contributed by atoms with Gasteiger partial charge in [-0.25, -0.2) is 4.79 Å². The van der Waals surface area contributed by atoms with Crippen molar-refractivity contribution in [3.8, 4) is 0 Å². The number of hydrogen-bond donors (Lipinski definition) is 1. The van der Waals surface area contributed by atoms with Crippen molar-refractivity contribution in [2.24, 2.45) is 0 Å². The van der Waals surface area contributed by atoms with Gasteiger partial charge in [0.2, 0.25) is 0 Å². The Kier molecular flexibility index (Phi) is 4.95. The van der Waals surface area contributed by atoms with E-state index in [4.69, 9.17) is 0 Å². The molecular formula is C11H18N2O3. The van der Waals surface area contributed by atoms with E-state index >= 15 is 0 Å². The number of carbonyl (C=O) groups is 3. The minimum Gasteiger partial charge on any atom is -0.269 e. The van der Waals surface area contributed by atoms with E-state index < -0.39 is 17.8 Å². The molecule has 0 atom stereocenters.